The number of amides is 2. The second-order valence-electron chi connectivity index (χ2n) is 4.54. The van der Waals surface area contributed by atoms with E-state index in [1.807, 2.05) is 6.07 Å². The van der Waals surface area contributed by atoms with Gasteiger partial charge in [0.25, 0.3) is 5.91 Å². The lowest BCUT2D eigenvalue weighted by Crippen LogP contribution is -2.39. The van der Waals surface area contributed by atoms with Crippen molar-refractivity contribution >= 4 is 23.2 Å². The van der Waals surface area contributed by atoms with Crippen molar-refractivity contribution in [2.45, 2.75) is 33.1 Å². The first-order chi connectivity index (χ1) is 8.06. The summed E-state index contributed by atoms with van der Waals surface area (Å²) in [6.45, 7) is 3.60. The highest BCUT2D eigenvalue weighted by Crippen LogP contribution is 2.31. The molecule has 17 heavy (non-hydrogen) atoms. The van der Waals surface area contributed by atoms with Gasteiger partial charge in [-0.3, -0.25) is 20.4 Å². The van der Waals surface area contributed by atoms with Gasteiger partial charge in [0, 0.05) is 11.8 Å². The minimum absolute atomic E-state index is 0.229. The predicted molar refractivity (Wildman–Crippen MR) is 66.8 cm³/mol. The molecule has 1 heterocycles. The molecule has 1 aromatic heterocycles. The summed E-state index contributed by atoms with van der Waals surface area (Å²) in [4.78, 5) is 24.4. The Morgan fingerprint density at radius 1 is 1.41 bits per heavy atom. The Morgan fingerprint density at radius 2 is 2.18 bits per heavy atom. The fourth-order valence-electron chi connectivity index (χ4n) is 2.02. The van der Waals surface area contributed by atoms with E-state index in [2.05, 4.69) is 17.8 Å². The van der Waals surface area contributed by atoms with Crippen LogP contribution in [0.25, 0.3) is 0 Å². The third-order valence-electron chi connectivity index (χ3n) is 2.91. The summed E-state index contributed by atoms with van der Waals surface area (Å²) in [7, 11) is 0. The van der Waals surface area contributed by atoms with Gasteiger partial charge in [-0.05, 0) is 36.8 Å². The molecule has 0 bridgehead atoms. The van der Waals surface area contributed by atoms with Crippen LogP contribution in [0.5, 0.6) is 0 Å². The summed E-state index contributed by atoms with van der Waals surface area (Å²) in [6, 6.07) is 1.95. The molecule has 0 spiro atoms. The normalized spacial score (nSPS) is 18.4. The second-order valence-corrected chi connectivity index (χ2v) is 5.68. The van der Waals surface area contributed by atoms with E-state index in [4.69, 9.17) is 0 Å². The van der Waals surface area contributed by atoms with Crippen molar-refractivity contribution in [2.75, 3.05) is 0 Å². The van der Waals surface area contributed by atoms with Gasteiger partial charge in [0.1, 0.15) is 0 Å². The molecule has 4 nitrogen and oxygen atoms in total. The number of hydrogen-bond acceptors (Lipinski definition) is 3. The lowest BCUT2D eigenvalue weighted by molar-refractivity contribution is -0.119. The first-order valence-electron chi connectivity index (χ1n) is 5.74. The maximum absolute atomic E-state index is 11.7. The van der Waals surface area contributed by atoms with Gasteiger partial charge in [0.2, 0.25) is 5.91 Å². The summed E-state index contributed by atoms with van der Waals surface area (Å²) in [5, 5.41) is 0. The van der Waals surface area contributed by atoms with Crippen molar-refractivity contribution in [2.24, 2.45) is 5.92 Å². The summed E-state index contributed by atoms with van der Waals surface area (Å²) in [6.07, 6.45) is 3.31. The minimum Gasteiger partial charge on any atom is -0.274 e. The first kappa shape index (κ1) is 12.1. The van der Waals surface area contributed by atoms with Gasteiger partial charge in [0.15, 0.2) is 0 Å². The number of carbonyl (C=O) groups is 2. The average Bonchev–Trinajstić information content (AvgIpc) is 2.68. The van der Waals surface area contributed by atoms with Gasteiger partial charge >= 0.3 is 0 Å². The molecule has 92 valence electrons. The number of nitrogens with one attached hydrogen (secondary N) is 2. The van der Waals surface area contributed by atoms with Crippen LogP contribution in [-0.4, -0.2) is 11.8 Å². The Kier molecular flexibility index (Phi) is 3.47. The summed E-state index contributed by atoms with van der Waals surface area (Å²) in [5.74, 6) is 0.198. The molecule has 1 aliphatic rings. The Hall–Kier alpha value is -1.36. The Labute approximate surface area is 104 Å². The van der Waals surface area contributed by atoms with E-state index in [-0.39, 0.29) is 11.8 Å². The smallest absolute Gasteiger partial charge is 0.274 e. The molecular formula is C12H16N2O2S. The number of hydrogen-bond donors (Lipinski definition) is 2. The molecule has 0 saturated heterocycles. The number of aryl methyl sites for hydroxylation is 1. The van der Waals surface area contributed by atoms with Crippen LogP contribution >= 0.6 is 11.3 Å². The molecular weight excluding hydrogens is 236 g/mol. The van der Waals surface area contributed by atoms with Gasteiger partial charge in [-0.15, -0.1) is 11.3 Å². The largest absolute Gasteiger partial charge is 0.279 e. The Morgan fingerprint density at radius 3 is 2.88 bits per heavy atom. The molecule has 1 aliphatic carbocycles. The third-order valence-corrected chi connectivity index (χ3v) is 4.14. The lowest BCUT2D eigenvalue weighted by Gasteiger charge is -2.16. The zero-order valence-corrected chi connectivity index (χ0v) is 10.8. The average molecular weight is 252 g/mol. The maximum atomic E-state index is 11.7. The summed E-state index contributed by atoms with van der Waals surface area (Å²) in [5.41, 5.74) is 5.99. The van der Waals surface area contributed by atoms with Crippen molar-refractivity contribution in [3.05, 3.63) is 21.4 Å². The van der Waals surface area contributed by atoms with Gasteiger partial charge in [-0.1, -0.05) is 6.92 Å². The number of carbonyl (C=O) groups excluding carboxylic acids is 2. The van der Waals surface area contributed by atoms with Crippen LogP contribution in [-0.2, 0) is 17.6 Å². The quantitative estimate of drug-likeness (QED) is 0.747. The van der Waals surface area contributed by atoms with E-state index < -0.39 is 0 Å². The Balaban J connectivity index is 2.07. The predicted octanol–water partition coefficient (Wildman–Crippen LogP) is 1.65. The molecule has 1 atom stereocenters. The minimum atomic E-state index is -0.270. The fourth-order valence-corrected chi connectivity index (χ4v) is 3.13. The first-order valence-corrected chi connectivity index (χ1v) is 6.56. The van der Waals surface area contributed by atoms with E-state index >= 15 is 0 Å². The van der Waals surface area contributed by atoms with Crippen LogP contribution in [0.2, 0.25) is 0 Å². The summed E-state index contributed by atoms with van der Waals surface area (Å²) >= 11 is 1.53. The van der Waals surface area contributed by atoms with E-state index in [0.717, 1.165) is 12.8 Å². The van der Waals surface area contributed by atoms with Gasteiger partial charge in [0.05, 0.1) is 4.88 Å². The fraction of sp³-hybridized carbons (Fsp3) is 0.500. The molecule has 0 fully saturated rings. The van der Waals surface area contributed by atoms with E-state index in [1.54, 1.807) is 0 Å². The Bertz CT molecular complexity index is 453. The maximum Gasteiger partial charge on any atom is 0.279 e. The van der Waals surface area contributed by atoms with Crippen LogP contribution < -0.4 is 10.9 Å². The molecule has 2 N–H and O–H groups in total. The van der Waals surface area contributed by atoms with Crippen LogP contribution in [0.4, 0.5) is 0 Å². The van der Waals surface area contributed by atoms with Gasteiger partial charge < -0.3 is 0 Å². The molecule has 1 aromatic rings. The van der Waals surface area contributed by atoms with Crippen LogP contribution in [0.1, 0.15) is 40.4 Å². The van der Waals surface area contributed by atoms with Crippen molar-refractivity contribution in [1.29, 1.82) is 0 Å². The highest BCUT2D eigenvalue weighted by atomic mass is 32.1. The molecule has 0 aliphatic heterocycles. The lowest BCUT2D eigenvalue weighted by atomic mass is 9.90. The number of thiophene rings is 1. The molecule has 5 heteroatoms. The van der Waals surface area contributed by atoms with Crippen LogP contribution in [0, 0.1) is 5.92 Å². The standard InChI is InChI=1S/C12H16N2O2S/c1-7-3-4-10-9(5-7)6-11(17-10)12(16)14-13-8(2)15/h6-7H,3-5H2,1-2H3,(H,13,15)(H,14,16). The molecule has 0 aromatic carbocycles. The number of rotatable bonds is 1. The number of fused-ring (bicyclic) bond motifs is 1. The molecule has 2 rings (SSSR count). The van der Waals surface area contributed by atoms with Gasteiger partial charge in [-0.25, -0.2) is 0 Å². The summed E-state index contributed by atoms with van der Waals surface area (Å²) < 4.78 is 0. The molecule has 2 amide bonds. The van der Waals surface area contributed by atoms with E-state index in [9.17, 15) is 9.59 Å². The SMILES string of the molecule is CC(=O)NNC(=O)c1cc2c(s1)CCC(C)C2. The van der Waals surface area contributed by atoms with Crippen LogP contribution in [0.15, 0.2) is 6.07 Å². The van der Waals surface area contributed by atoms with E-state index in [1.165, 1.54) is 35.1 Å². The monoisotopic (exact) mass is 252 g/mol. The van der Waals surface area contributed by atoms with Crippen LogP contribution in [0.3, 0.4) is 0 Å². The third kappa shape index (κ3) is 2.85. The second kappa shape index (κ2) is 4.87. The molecule has 0 radical (unpaired) electrons. The van der Waals surface area contributed by atoms with Crippen molar-refractivity contribution in [3.63, 3.8) is 0 Å². The van der Waals surface area contributed by atoms with Gasteiger partial charge in [-0.2, -0.15) is 0 Å². The molecule has 0 saturated carbocycles. The number of hydrazine groups is 1. The zero-order valence-electron chi connectivity index (χ0n) is 10.0. The van der Waals surface area contributed by atoms with Crippen molar-refractivity contribution < 1.29 is 9.59 Å². The van der Waals surface area contributed by atoms with E-state index in [0.29, 0.717) is 10.8 Å². The highest BCUT2D eigenvalue weighted by molar-refractivity contribution is 7.14. The van der Waals surface area contributed by atoms with Crippen molar-refractivity contribution in [1.82, 2.24) is 10.9 Å². The highest BCUT2D eigenvalue weighted by Gasteiger charge is 2.20. The zero-order chi connectivity index (χ0) is 12.4. The molecule has 1 unspecified atom stereocenters. The van der Waals surface area contributed by atoms with Crippen molar-refractivity contribution in [3.8, 4) is 0 Å². The topological polar surface area (TPSA) is 58.2 Å².